The number of carbonyl (C=O) groups is 1. The lowest BCUT2D eigenvalue weighted by molar-refractivity contribution is -0.384. The molecule has 0 fully saturated rings. The number of anilines is 1. The van der Waals surface area contributed by atoms with Crippen molar-refractivity contribution in [2.75, 3.05) is 12.4 Å². The molecule has 0 saturated carbocycles. The summed E-state index contributed by atoms with van der Waals surface area (Å²) in [6.45, 7) is 0. The number of methoxy groups -OCH3 is 1. The first-order chi connectivity index (χ1) is 13.6. The minimum Gasteiger partial charge on any atom is -0.494 e. The van der Waals surface area contributed by atoms with Crippen LogP contribution in [0.4, 0.5) is 11.4 Å². The number of ketones is 1. The number of carbonyl (C=O) groups excluding carboxylic acids is 1. The zero-order valence-corrected chi connectivity index (χ0v) is 15.2. The minimum atomic E-state index is -0.495. The van der Waals surface area contributed by atoms with E-state index >= 15 is 0 Å². The van der Waals surface area contributed by atoms with Crippen LogP contribution in [0.2, 0.25) is 0 Å². The third-order valence-electron chi connectivity index (χ3n) is 4.15. The van der Waals surface area contributed by atoms with Crippen LogP contribution in [0.15, 0.2) is 85.1 Å². The molecule has 3 aromatic carbocycles. The molecule has 28 heavy (non-hydrogen) atoms. The molecule has 0 radical (unpaired) electrons. The second-order valence-corrected chi connectivity index (χ2v) is 5.93. The highest BCUT2D eigenvalue weighted by molar-refractivity contribution is 6.04. The first-order valence-electron chi connectivity index (χ1n) is 8.54. The quantitative estimate of drug-likeness (QED) is 0.270. The van der Waals surface area contributed by atoms with Crippen LogP contribution in [0.25, 0.3) is 11.1 Å². The van der Waals surface area contributed by atoms with Crippen molar-refractivity contribution < 1.29 is 14.5 Å². The lowest BCUT2D eigenvalue weighted by Gasteiger charge is -2.07. The maximum absolute atomic E-state index is 12.3. The van der Waals surface area contributed by atoms with Crippen molar-refractivity contribution in [2.24, 2.45) is 0 Å². The summed E-state index contributed by atoms with van der Waals surface area (Å²) in [7, 11) is 1.42. The predicted molar refractivity (Wildman–Crippen MR) is 109 cm³/mol. The van der Waals surface area contributed by atoms with Gasteiger partial charge in [0, 0.05) is 23.9 Å². The average molecular weight is 374 g/mol. The van der Waals surface area contributed by atoms with Crippen molar-refractivity contribution >= 4 is 17.2 Å². The molecule has 0 aliphatic carbocycles. The number of hydrogen-bond donors (Lipinski definition) is 1. The van der Waals surface area contributed by atoms with Gasteiger partial charge < -0.3 is 10.1 Å². The van der Waals surface area contributed by atoms with Gasteiger partial charge in [-0.2, -0.15) is 0 Å². The Hall–Kier alpha value is -3.93. The van der Waals surface area contributed by atoms with Crippen LogP contribution in [0.5, 0.6) is 5.75 Å². The number of ether oxygens (including phenoxy) is 1. The van der Waals surface area contributed by atoms with Crippen LogP contribution in [0.3, 0.4) is 0 Å². The normalized spacial score (nSPS) is 10.6. The zero-order valence-electron chi connectivity index (χ0n) is 15.2. The summed E-state index contributed by atoms with van der Waals surface area (Å²) in [5, 5.41) is 13.7. The molecule has 3 rings (SSSR count). The summed E-state index contributed by atoms with van der Waals surface area (Å²) in [5.41, 5.74) is 3.14. The zero-order chi connectivity index (χ0) is 19.9. The summed E-state index contributed by atoms with van der Waals surface area (Å²) in [6, 6.07) is 21.5. The summed E-state index contributed by atoms with van der Waals surface area (Å²) in [4.78, 5) is 22.7. The van der Waals surface area contributed by atoms with Crippen molar-refractivity contribution in [3.05, 3.63) is 101 Å². The number of rotatable bonds is 7. The van der Waals surface area contributed by atoms with Gasteiger partial charge in [-0.1, -0.05) is 54.6 Å². The Kier molecular flexibility index (Phi) is 5.81. The monoisotopic (exact) mass is 374 g/mol. The van der Waals surface area contributed by atoms with E-state index in [9.17, 15) is 14.9 Å². The van der Waals surface area contributed by atoms with E-state index in [2.05, 4.69) is 5.32 Å². The Morgan fingerprint density at radius 1 is 1.00 bits per heavy atom. The topological polar surface area (TPSA) is 81.5 Å². The second-order valence-electron chi connectivity index (χ2n) is 5.93. The van der Waals surface area contributed by atoms with Crippen molar-refractivity contribution in [2.45, 2.75) is 0 Å². The first kappa shape index (κ1) is 18.8. The molecule has 1 N–H and O–H groups in total. The maximum atomic E-state index is 12.3. The number of nitro benzene ring substituents is 1. The summed E-state index contributed by atoms with van der Waals surface area (Å²) < 4.78 is 5.15. The number of non-ortho nitro benzene ring substituents is 1. The van der Waals surface area contributed by atoms with E-state index in [0.29, 0.717) is 17.0 Å². The summed E-state index contributed by atoms with van der Waals surface area (Å²) in [6.07, 6.45) is 2.88. The highest BCUT2D eigenvalue weighted by atomic mass is 16.6. The Morgan fingerprint density at radius 2 is 1.68 bits per heavy atom. The van der Waals surface area contributed by atoms with Gasteiger partial charge in [0.1, 0.15) is 5.75 Å². The molecule has 0 spiro atoms. The van der Waals surface area contributed by atoms with Crippen molar-refractivity contribution in [3.63, 3.8) is 0 Å². The lowest BCUT2D eigenvalue weighted by atomic mass is 10.0. The summed E-state index contributed by atoms with van der Waals surface area (Å²) >= 11 is 0. The molecule has 6 nitrogen and oxygen atoms in total. The third kappa shape index (κ3) is 4.42. The van der Waals surface area contributed by atoms with Crippen LogP contribution >= 0.6 is 0 Å². The SMILES string of the molecule is COc1cc([N+](=O)[O-])ccc1NC=CC(=O)c1ccc(-c2ccccc2)cc1. The smallest absolute Gasteiger partial charge is 0.273 e. The second kappa shape index (κ2) is 8.64. The fourth-order valence-corrected chi connectivity index (χ4v) is 2.67. The third-order valence-corrected chi connectivity index (χ3v) is 4.15. The molecular weight excluding hydrogens is 356 g/mol. The van der Waals surface area contributed by atoms with Gasteiger partial charge in [0.05, 0.1) is 23.8 Å². The largest absolute Gasteiger partial charge is 0.494 e. The molecule has 0 atom stereocenters. The van der Waals surface area contributed by atoms with Gasteiger partial charge in [0.2, 0.25) is 0 Å². The minimum absolute atomic E-state index is 0.0686. The number of nitrogens with zero attached hydrogens (tertiary/aromatic N) is 1. The van der Waals surface area contributed by atoms with E-state index in [1.807, 2.05) is 42.5 Å². The molecule has 0 bridgehead atoms. The molecule has 140 valence electrons. The molecule has 0 aliphatic heterocycles. The predicted octanol–water partition coefficient (Wildman–Crippen LogP) is 5.08. The van der Waals surface area contributed by atoms with E-state index in [-0.39, 0.29) is 11.5 Å². The summed E-state index contributed by atoms with van der Waals surface area (Å²) in [5.74, 6) is 0.159. The Morgan fingerprint density at radius 3 is 2.32 bits per heavy atom. The number of benzene rings is 3. The fourth-order valence-electron chi connectivity index (χ4n) is 2.67. The van der Waals surface area contributed by atoms with E-state index in [1.54, 1.807) is 12.1 Å². The molecule has 0 heterocycles. The fraction of sp³-hybridized carbons (Fsp3) is 0.0455. The standard InChI is InChI=1S/C22H18N2O4/c1-28-22-15-19(24(26)27)11-12-20(22)23-14-13-21(25)18-9-7-17(8-10-18)16-5-3-2-4-6-16/h2-15,23H,1H3. The number of nitro groups is 1. The first-order valence-corrected chi connectivity index (χ1v) is 8.54. The van der Waals surface area contributed by atoms with Crippen LogP contribution in [0.1, 0.15) is 10.4 Å². The van der Waals surface area contributed by atoms with E-state index in [1.165, 1.54) is 37.6 Å². The Labute approximate surface area is 162 Å². The van der Waals surface area contributed by atoms with Crippen LogP contribution in [-0.4, -0.2) is 17.8 Å². The molecule has 3 aromatic rings. The van der Waals surface area contributed by atoms with Crippen molar-refractivity contribution in [3.8, 4) is 16.9 Å². The molecule has 0 aromatic heterocycles. The Bertz CT molecular complexity index is 1010. The highest BCUT2D eigenvalue weighted by Crippen LogP contribution is 2.29. The van der Waals surface area contributed by atoms with Crippen LogP contribution < -0.4 is 10.1 Å². The lowest BCUT2D eigenvalue weighted by Crippen LogP contribution is -1.98. The van der Waals surface area contributed by atoms with Gasteiger partial charge in [-0.05, 0) is 17.2 Å². The van der Waals surface area contributed by atoms with E-state index in [0.717, 1.165) is 11.1 Å². The molecule has 0 unspecified atom stereocenters. The van der Waals surface area contributed by atoms with Crippen LogP contribution in [0, 0.1) is 10.1 Å². The van der Waals surface area contributed by atoms with E-state index < -0.39 is 4.92 Å². The Balaban J connectivity index is 1.68. The van der Waals surface area contributed by atoms with Crippen molar-refractivity contribution in [1.29, 1.82) is 0 Å². The average Bonchev–Trinajstić information content (AvgIpc) is 2.74. The number of hydrogen-bond acceptors (Lipinski definition) is 5. The van der Waals surface area contributed by atoms with Gasteiger partial charge >= 0.3 is 0 Å². The number of allylic oxidation sites excluding steroid dienone is 1. The molecule has 0 saturated heterocycles. The van der Waals surface area contributed by atoms with Crippen LogP contribution in [-0.2, 0) is 0 Å². The van der Waals surface area contributed by atoms with Gasteiger partial charge in [0.25, 0.3) is 5.69 Å². The van der Waals surface area contributed by atoms with Crippen molar-refractivity contribution in [1.82, 2.24) is 0 Å². The van der Waals surface area contributed by atoms with E-state index in [4.69, 9.17) is 4.74 Å². The van der Waals surface area contributed by atoms with Gasteiger partial charge in [0.15, 0.2) is 5.78 Å². The van der Waals surface area contributed by atoms with Gasteiger partial charge in [-0.25, -0.2) is 0 Å². The molecule has 6 heteroatoms. The maximum Gasteiger partial charge on any atom is 0.273 e. The molecule has 0 aliphatic rings. The van der Waals surface area contributed by atoms with Gasteiger partial charge in [-0.3, -0.25) is 14.9 Å². The highest BCUT2D eigenvalue weighted by Gasteiger charge is 2.10. The molecular formula is C22H18N2O4. The number of nitrogens with one attached hydrogen (secondary N) is 1. The molecule has 0 amide bonds. The van der Waals surface area contributed by atoms with Gasteiger partial charge in [-0.15, -0.1) is 0 Å².